The molecule has 0 saturated carbocycles. The molecule has 0 radical (unpaired) electrons. The Morgan fingerprint density at radius 2 is 2.00 bits per heavy atom. The largest absolute Gasteiger partial charge is 0.573 e. The van der Waals surface area contributed by atoms with Gasteiger partial charge in [0.05, 0.1) is 0 Å². The van der Waals surface area contributed by atoms with Crippen LogP contribution in [0.5, 0.6) is 5.75 Å². The number of benzene rings is 1. The van der Waals surface area contributed by atoms with Gasteiger partial charge in [0.1, 0.15) is 23.2 Å². The summed E-state index contributed by atoms with van der Waals surface area (Å²) in [5.74, 6) is 1.95. The summed E-state index contributed by atoms with van der Waals surface area (Å²) in [6.07, 6.45) is -3.95. The lowest BCUT2D eigenvalue weighted by Gasteiger charge is -2.30. The highest BCUT2D eigenvalue weighted by Gasteiger charge is 2.31. The summed E-state index contributed by atoms with van der Waals surface area (Å²) < 4.78 is 41.3. The number of aryl methyl sites for hydroxylation is 1. The highest BCUT2D eigenvalue weighted by atomic mass is 19.4. The Hall–Kier alpha value is -2.51. The van der Waals surface area contributed by atoms with Crippen molar-refractivity contribution >= 4 is 11.6 Å². The molecule has 2 aromatic rings. The molecule has 0 fully saturated rings. The van der Waals surface area contributed by atoms with Crippen molar-refractivity contribution in [1.29, 1.82) is 0 Å². The molecule has 1 N–H and O–H groups in total. The third-order valence-corrected chi connectivity index (χ3v) is 3.93. The number of halogens is 3. The van der Waals surface area contributed by atoms with E-state index in [1.165, 1.54) is 12.1 Å². The first-order valence-electron chi connectivity index (χ1n) is 8.06. The van der Waals surface area contributed by atoms with Gasteiger partial charge in [-0.15, -0.1) is 13.2 Å². The van der Waals surface area contributed by atoms with Gasteiger partial charge in [-0.25, -0.2) is 9.97 Å². The second-order valence-electron chi connectivity index (χ2n) is 5.84. The number of fused-ring (bicyclic) bond motifs is 1. The van der Waals surface area contributed by atoms with E-state index >= 15 is 0 Å². The van der Waals surface area contributed by atoms with Crippen LogP contribution in [0.25, 0.3) is 0 Å². The van der Waals surface area contributed by atoms with Crippen molar-refractivity contribution < 1.29 is 17.9 Å². The number of alkyl halides is 3. The molecule has 0 amide bonds. The summed E-state index contributed by atoms with van der Waals surface area (Å²) in [5, 5.41) is 3.16. The number of anilines is 2. The molecule has 0 bridgehead atoms. The van der Waals surface area contributed by atoms with Crippen molar-refractivity contribution in [1.82, 2.24) is 9.97 Å². The summed E-state index contributed by atoms with van der Waals surface area (Å²) >= 11 is 0. The maximum Gasteiger partial charge on any atom is 0.573 e. The average Bonchev–Trinajstić information content (AvgIpc) is 2.52. The second-order valence-corrected chi connectivity index (χ2v) is 5.84. The van der Waals surface area contributed by atoms with Gasteiger partial charge in [0.15, 0.2) is 0 Å². The Balaban J connectivity index is 1.84. The number of rotatable bonds is 4. The van der Waals surface area contributed by atoms with Crippen LogP contribution in [0.1, 0.15) is 23.9 Å². The van der Waals surface area contributed by atoms with Crippen LogP contribution < -0.4 is 15.0 Å². The molecular weight excluding hydrogens is 333 g/mol. The van der Waals surface area contributed by atoms with Crippen LogP contribution >= 0.6 is 0 Å². The molecular formula is C17H19F3N4O. The first-order chi connectivity index (χ1) is 11.8. The zero-order chi connectivity index (χ0) is 18.0. The molecule has 1 aliphatic heterocycles. The van der Waals surface area contributed by atoms with Gasteiger partial charge in [-0.2, -0.15) is 0 Å². The number of nitrogens with one attached hydrogen (secondary N) is 1. The lowest BCUT2D eigenvalue weighted by atomic mass is 9.99. The van der Waals surface area contributed by atoms with Crippen LogP contribution in [0.2, 0.25) is 0 Å². The van der Waals surface area contributed by atoms with E-state index < -0.39 is 6.36 Å². The fraction of sp³-hybridized carbons (Fsp3) is 0.412. The van der Waals surface area contributed by atoms with Crippen molar-refractivity contribution in [3.63, 3.8) is 0 Å². The van der Waals surface area contributed by atoms with Crippen LogP contribution in [0.4, 0.5) is 24.8 Å². The number of hydrogen-bond donors (Lipinski definition) is 1. The van der Waals surface area contributed by atoms with E-state index in [4.69, 9.17) is 0 Å². The summed E-state index contributed by atoms with van der Waals surface area (Å²) in [4.78, 5) is 10.8. The maximum atomic E-state index is 12.4. The topological polar surface area (TPSA) is 50.3 Å². The summed E-state index contributed by atoms with van der Waals surface area (Å²) in [6, 6.07) is 6.37. The van der Waals surface area contributed by atoms with Crippen molar-refractivity contribution in [2.75, 3.05) is 23.3 Å². The molecule has 0 aliphatic carbocycles. The van der Waals surface area contributed by atoms with Crippen molar-refractivity contribution in [3.8, 4) is 5.75 Å². The van der Waals surface area contributed by atoms with Crippen molar-refractivity contribution in [3.05, 3.63) is 41.2 Å². The van der Waals surface area contributed by atoms with E-state index in [-0.39, 0.29) is 5.75 Å². The smallest absolute Gasteiger partial charge is 0.406 e. The normalized spacial score (nSPS) is 14.2. The van der Waals surface area contributed by atoms with Gasteiger partial charge in [-0.1, -0.05) is 6.07 Å². The first-order valence-corrected chi connectivity index (χ1v) is 8.06. The Morgan fingerprint density at radius 3 is 2.72 bits per heavy atom. The SMILES string of the molecule is CCNc1cc(N2CCc3ccc(OC(F)(F)F)cc3C2)nc(C)n1. The predicted octanol–water partition coefficient (Wildman–Crippen LogP) is 3.68. The Bertz CT molecular complexity index is 764. The molecule has 0 unspecified atom stereocenters. The minimum Gasteiger partial charge on any atom is -0.406 e. The highest BCUT2D eigenvalue weighted by Crippen LogP contribution is 2.30. The minimum absolute atomic E-state index is 0.194. The predicted molar refractivity (Wildman–Crippen MR) is 88.8 cm³/mol. The van der Waals surface area contributed by atoms with Crippen molar-refractivity contribution in [2.24, 2.45) is 0 Å². The summed E-state index contributed by atoms with van der Waals surface area (Å²) in [7, 11) is 0. The van der Waals surface area contributed by atoms with Crippen molar-refractivity contribution in [2.45, 2.75) is 33.2 Å². The molecule has 8 heteroatoms. The molecule has 3 rings (SSSR count). The monoisotopic (exact) mass is 352 g/mol. The van der Waals surface area contributed by atoms with E-state index in [9.17, 15) is 13.2 Å². The summed E-state index contributed by atoms with van der Waals surface area (Å²) in [5.41, 5.74) is 1.85. The van der Waals surface area contributed by atoms with E-state index in [1.54, 1.807) is 6.07 Å². The van der Waals surface area contributed by atoms with Crippen LogP contribution in [-0.4, -0.2) is 29.4 Å². The highest BCUT2D eigenvalue weighted by molar-refractivity contribution is 5.52. The summed E-state index contributed by atoms with van der Waals surface area (Å²) in [6.45, 7) is 5.77. The fourth-order valence-electron chi connectivity index (χ4n) is 2.91. The number of hydrogen-bond acceptors (Lipinski definition) is 5. The number of nitrogens with zero attached hydrogens (tertiary/aromatic N) is 3. The molecule has 1 aromatic heterocycles. The van der Waals surface area contributed by atoms with Crippen LogP contribution in [0.3, 0.4) is 0 Å². The lowest BCUT2D eigenvalue weighted by molar-refractivity contribution is -0.274. The van der Waals surface area contributed by atoms with Crippen LogP contribution in [0.15, 0.2) is 24.3 Å². The van der Waals surface area contributed by atoms with E-state index in [0.717, 1.165) is 42.3 Å². The van der Waals surface area contributed by atoms with E-state index in [0.29, 0.717) is 12.4 Å². The van der Waals surface area contributed by atoms with Gasteiger partial charge in [0.25, 0.3) is 0 Å². The van der Waals surface area contributed by atoms with Gasteiger partial charge >= 0.3 is 6.36 Å². The third-order valence-electron chi connectivity index (χ3n) is 3.93. The van der Waals surface area contributed by atoms with Gasteiger partial charge in [-0.3, -0.25) is 0 Å². The standard InChI is InChI=1S/C17H19F3N4O/c1-3-21-15-9-16(23-11(2)22-15)24-7-6-12-4-5-14(8-13(12)10-24)25-17(18,19)20/h4-5,8-9H,3,6-7,10H2,1-2H3,(H,21,22,23). The number of aromatic nitrogens is 2. The zero-order valence-electron chi connectivity index (χ0n) is 14.0. The molecule has 1 aliphatic rings. The Labute approximate surface area is 143 Å². The molecule has 25 heavy (non-hydrogen) atoms. The van der Waals surface area contributed by atoms with Gasteiger partial charge < -0.3 is 15.0 Å². The fourth-order valence-corrected chi connectivity index (χ4v) is 2.91. The van der Waals surface area contributed by atoms with Crippen LogP contribution in [-0.2, 0) is 13.0 Å². The molecule has 2 heterocycles. The minimum atomic E-state index is -4.69. The first kappa shape index (κ1) is 17.3. The lowest BCUT2D eigenvalue weighted by Crippen LogP contribution is -2.31. The van der Waals surface area contributed by atoms with E-state index in [2.05, 4.69) is 20.0 Å². The average molecular weight is 352 g/mol. The number of ether oxygens (including phenoxy) is 1. The molecule has 5 nitrogen and oxygen atoms in total. The molecule has 1 aromatic carbocycles. The second kappa shape index (κ2) is 6.78. The van der Waals surface area contributed by atoms with Gasteiger partial charge in [0.2, 0.25) is 0 Å². The van der Waals surface area contributed by atoms with Gasteiger partial charge in [-0.05, 0) is 43.5 Å². The Kier molecular flexibility index (Phi) is 4.69. The van der Waals surface area contributed by atoms with Crippen LogP contribution in [0, 0.1) is 6.92 Å². The van der Waals surface area contributed by atoms with Gasteiger partial charge in [0, 0.05) is 25.7 Å². The molecule has 0 spiro atoms. The molecule has 134 valence electrons. The maximum absolute atomic E-state index is 12.4. The quantitative estimate of drug-likeness (QED) is 0.910. The van der Waals surface area contributed by atoms with E-state index in [1.807, 2.05) is 24.8 Å². The zero-order valence-corrected chi connectivity index (χ0v) is 14.0. The molecule has 0 atom stereocenters. The third kappa shape index (κ3) is 4.32. The Morgan fingerprint density at radius 1 is 1.20 bits per heavy atom. The molecule has 0 saturated heterocycles.